The second-order valence-corrected chi connectivity index (χ2v) is 6.81. The Bertz CT molecular complexity index is 338. The van der Waals surface area contributed by atoms with Crippen molar-refractivity contribution in [1.29, 1.82) is 0 Å². The summed E-state index contributed by atoms with van der Waals surface area (Å²) in [5.41, 5.74) is -1.16. The molecule has 0 aromatic carbocycles. The van der Waals surface area contributed by atoms with E-state index < -0.39 is 29.0 Å². The standard InChI is InChI=1S/C11H24N2O4S/c1-3-11(8-14,9-15)12-18(16,17)13-6-4-10(2)5-7-13/h10,12,14-15H,3-9H2,1-2H3. The molecule has 1 fully saturated rings. The minimum Gasteiger partial charge on any atom is -0.394 e. The van der Waals surface area contributed by atoms with Crippen molar-refractivity contribution in [3.63, 3.8) is 0 Å². The summed E-state index contributed by atoms with van der Waals surface area (Å²) in [6, 6.07) is 0. The number of aliphatic hydroxyl groups is 2. The predicted molar refractivity (Wildman–Crippen MR) is 69.2 cm³/mol. The van der Waals surface area contributed by atoms with E-state index in [1.165, 1.54) is 4.31 Å². The smallest absolute Gasteiger partial charge is 0.280 e. The lowest BCUT2D eigenvalue weighted by atomic mass is 10.0. The Hall–Kier alpha value is -0.210. The first kappa shape index (κ1) is 15.8. The first-order chi connectivity index (χ1) is 8.39. The van der Waals surface area contributed by atoms with Crippen LogP contribution in [0.15, 0.2) is 0 Å². The molecule has 0 amide bonds. The molecule has 1 aliphatic heterocycles. The van der Waals surface area contributed by atoms with E-state index in [4.69, 9.17) is 0 Å². The monoisotopic (exact) mass is 280 g/mol. The molecule has 1 saturated heterocycles. The molecule has 1 heterocycles. The Morgan fingerprint density at radius 2 is 1.78 bits per heavy atom. The number of nitrogens with zero attached hydrogens (tertiary/aromatic N) is 1. The Balaban J connectivity index is 2.75. The normalized spacial score (nSPS) is 20.2. The van der Waals surface area contributed by atoms with Gasteiger partial charge >= 0.3 is 0 Å². The summed E-state index contributed by atoms with van der Waals surface area (Å²) >= 11 is 0. The van der Waals surface area contributed by atoms with Crippen molar-refractivity contribution in [1.82, 2.24) is 9.03 Å². The second kappa shape index (κ2) is 6.29. The van der Waals surface area contributed by atoms with Crippen LogP contribution < -0.4 is 4.72 Å². The van der Waals surface area contributed by atoms with Crippen LogP contribution in [0.3, 0.4) is 0 Å². The van der Waals surface area contributed by atoms with E-state index >= 15 is 0 Å². The van der Waals surface area contributed by atoms with Crippen LogP contribution in [0.5, 0.6) is 0 Å². The van der Waals surface area contributed by atoms with Crippen molar-refractivity contribution in [2.45, 2.75) is 38.6 Å². The van der Waals surface area contributed by atoms with E-state index in [-0.39, 0.29) is 0 Å². The minimum absolute atomic E-state index is 0.337. The molecule has 0 radical (unpaired) electrons. The fourth-order valence-corrected chi connectivity index (χ4v) is 3.62. The van der Waals surface area contributed by atoms with Crippen LogP contribution in [0.25, 0.3) is 0 Å². The van der Waals surface area contributed by atoms with Gasteiger partial charge in [-0.05, 0) is 25.2 Å². The van der Waals surface area contributed by atoms with Crippen LogP contribution in [-0.4, -0.2) is 54.8 Å². The minimum atomic E-state index is -3.64. The summed E-state index contributed by atoms with van der Waals surface area (Å²) in [5.74, 6) is 0.545. The molecule has 0 bridgehead atoms. The first-order valence-corrected chi connectivity index (χ1v) is 7.84. The van der Waals surface area contributed by atoms with Crippen LogP contribution in [-0.2, 0) is 10.2 Å². The highest BCUT2D eigenvalue weighted by Gasteiger charge is 2.35. The molecule has 18 heavy (non-hydrogen) atoms. The third-order valence-corrected chi connectivity index (χ3v) is 5.45. The van der Waals surface area contributed by atoms with Gasteiger partial charge in [-0.25, -0.2) is 0 Å². The van der Waals surface area contributed by atoms with Gasteiger partial charge in [0.15, 0.2) is 0 Å². The zero-order valence-electron chi connectivity index (χ0n) is 11.1. The summed E-state index contributed by atoms with van der Waals surface area (Å²) in [7, 11) is -3.64. The lowest BCUT2D eigenvalue weighted by Crippen LogP contribution is -2.58. The molecule has 0 spiro atoms. The van der Waals surface area contributed by atoms with Crippen molar-refractivity contribution in [3.05, 3.63) is 0 Å². The van der Waals surface area contributed by atoms with Crippen molar-refractivity contribution in [2.24, 2.45) is 5.92 Å². The lowest BCUT2D eigenvalue weighted by molar-refractivity contribution is 0.103. The topological polar surface area (TPSA) is 89.9 Å². The molecule has 1 aliphatic rings. The summed E-state index contributed by atoms with van der Waals surface area (Å²) in [6.45, 7) is 4.00. The molecule has 7 heteroatoms. The predicted octanol–water partition coefficient (Wildman–Crippen LogP) is -0.314. The third-order valence-electron chi connectivity index (χ3n) is 3.71. The summed E-state index contributed by atoms with van der Waals surface area (Å²) in [5, 5.41) is 18.5. The van der Waals surface area contributed by atoms with Gasteiger partial charge in [0, 0.05) is 13.1 Å². The van der Waals surface area contributed by atoms with Gasteiger partial charge in [-0.15, -0.1) is 0 Å². The van der Waals surface area contributed by atoms with Gasteiger partial charge in [-0.3, -0.25) is 0 Å². The molecule has 0 aromatic heterocycles. The number of hydrogen-bond acceptors (Lipinski definition) is 4. The first-order valence-electron chi connectivity index (χ1n) is 6.40. The van der Waals surface area contributed by atoms with Crippen LogP contribution in [0.4, 0.5) is 0 Å². The van der Waals surface area contributed by atoms with Gasteiger partial charge in [0.25, 0.3) is 10.2 Å². The SMILES string of the molecule is CCC(CO)(CO)NS(=O)(=O)N1CCC(C)CC1. The highest BCUT2D eigenvalue weighted by Crippen LogP contribution is 2.20. The molecule has 6 nitrogen and oxygen atoms in total. The molecule has 0 aromatic rings. The largest absolute Gasteiger partial charge is 0.394 e. The van der Waals surface area contributed by atoms with Crippen molar-refractivity contribution in [2.75, 3.05) is 26.3 Å². The van der Waals surface area contributed by atoms with E-state index in [0.717, 1.165) is 12.8 Å². The lowest BCUT2D eigenvalue weighted by Gasteiger charge is -2.35. The maximum absolute atomic E-state index is 12.2. The highest BCUT2D eigenvalue weighted by molar-refractivity contribution is 7.87. The molecule has 0 unspecified atom stereocenters. The van der Waals surface area contributed by atoms with Crippen molar-refractivity contribution < 1.29 is 18.6 Å². The third kappa shape index (κ3) is 3.64. The fraction of sp³-hybridized carbons (Fsp3) is 1.00. The van der Waals surface area contributed by atoms with E-state index in [1.807, 2.05) is 0 Å². The summed E-state index contributed by atoms with van der Waals surface area (Å²) in [4.78, 5) is 0. The molecule has 0 atom stereocenters. The molecular weight excluding hydrogens is 256 g/mol. The zero-order chi connectivity index (χ0) is 13.8. The number of aliphatic hydroxyl groups excluding tert-OH is 2. The maximum atomic E-state index is 12.2. The van der Waals surface area contributed by atoms with Gasteiger partial charge in [0.2, 0.25) is 0 Å². The number of nitrogens with one attached hydrogen (secondary N) is 1. The maximum Gasteiger partial charge on any atom is 0.280 e. The Morgan fingerprint density at radius 1 is 1.28 bits per heavy atom. The summed E-state index contributed by atoms with van der Waals surface area (Å²) in [6.07, 6.45) is 2.03. The average Bonchev–Trinajstić information content (AvgIpc) is 2.37. The van der Waals surface area contributed by atoms with Crippen LogP contribution in [0.2, 0.25) is 0 Å². The fourth-order valence-electron chi connectivity index (χ4n) is 1.97. The van der Waals surface area contributed by atoms with E-state index in [1.54, 1.807) is 6.92 Å². The van der Waals surface area contributed by atoms with E-state index in [9.17, 15) is 18.6 Å². The van der Waals surface area contributed by atoms with Gasteiger partial charge in [0.1, 0.15) is 0 Å². The molecule has 108 valence electrons. The van der Waals surface area contributed by atoms with Crippen molar-refractivity contribution >= 4 is 10.2 Å². The molecular formula is C11H24N2O4S. The van der Waals surface area contributed by atoms with Gasteiger partial charge in [-0.1, -0.05) is 13.8 Å². The quantitative estimate of drug-likeness (QED) is 0.622. The second-order valence-electron chi connectivity index (χ2n) is 5.14. The Labute approximate surface area is 109 Å². The van der Waals surface area contributed by atoms with Gasteiger partial charge < -0.3 is 10.2 Å². The van der Waals surface area contributed by atoms with Crippen LogP contribution in [0, 0.1) is 5.92 Å². The Kier molecular flexibility index (Phi) is 5.54. The molecule has 0 aliphatic carbocycles. The number of piperidine rings is 1. The number of hydrogen-bond donors (Lipinski definition) is 3. The van der Waals surface area contributed by atoms with E-state index in [0.29, 0.717) is 25.4 Å². The zero-order valence-corrected chi connectivity index (χ0v) is 11.9. The molecule has 3 N–H and O–H groups in total. The van der Waals surface area contributed by atoms with Crippen molar-refractivity contribution in [3.8, 4) is 0 Å². The highest BCUT2D eigenvalue weighted by atomic mass is 32.2. The van der Waals surface area contributed by atoms with Crippen LogP contribution >= 0.6 is 0 Å². The summed E-state index contributed by atoms with van der Waals surface area (Å²) < 4.78 is 28.2. The Morgan fingerprint density at radius 3 is 2.17 bits per heavy atom. The molecule has 0 saturated carbocycles. The van der Waals surface area contributed by atoms with Crippen LogP contribution in [0.1, 0.15) is 33.1 Å². The van der Waals surface area contributed by atoms with Gasteiger partial charge in [-0.2, -0.15) is 17.4 Å². The number of rotatable bonds is 6. The van der Waals surface area contributed by atoms with E-state index in [2.05, 4.69) is 11.6 Å². The average molecular weight is 280 g/mol. The molecule has 1 rings (SSSR count). The van der Waals surface area contributed by atoms with Gasteiger partial charge in [0.05, 0.1) is 18.8 Å².